The molecular weight excluding hydrogens is 338 g/mol. The van der Waals surface area contributed by atoms with Crippen LogP contribution in [0.15, 0.2) is 53.5 Å². The lowest BCUT2D eigenvalue weighted by atomic mass is 9.91. The van der Waals surface area contributed by atoms with Crippen molar-refractivity contribution in [2.24, 2.45) is 11.8 Å². The van der Waals surface area contributed by atoms with E-state index in [0.29, 0.717) is 6.54 Å². The molecule has 5 nitrogen and oxygen atoms in total. The zero-order valence-corrected chi connectivity index (χ0v) is 16.2. The maximum Gasteiger partial charge on any atom is 0.250 e. The molecule has 2 heterocycles. The van der Waals surface area contributed by atoms with E-state index in [4.69, 9.17) is 0 Å². The SMILES string of the molecule is C[C@@H]1C[C@@H](C)CN(Cc2ccc(CNC(=O)Cn3ccccc3=O)cc2)C1. The fourth-order valence-corrected chi connectivity index (χ4v) is 3.94. The third-order valence-electron chi connectivity index (χ3n) is 5.08. The van der Waals surface area contributed by atoms with E-state index in [0.717, 1.165) is 23.9 Å². The summed E-state index contributed by atoms with van der Waals surface area (Å²) in [5.41, 5.74) is 2.20. The van der Waals surface area contributed by atoms with Crippen molar-refractivity contribution in [2.75, 3.05) is 13.1 Å². The highest BCUT2D eigenvalue weighted by atomic mass is 16.2. The molecule has 0 unspecified atom stereocenters. The first-order valence-corrected chi connectivity index (χ1v) is 9.72. The Balaban J connectivity index is 1.48. The van der Waals surface area contributed by atoms with Gasteiger partial charge in [-0.15, -0.1) is 0 Å². The number of piperidine rings is 1. The van der Waals surface area contributed by atoms with Gasteiger partial charge in [-0.25, -0.2) is 0 Å². The van der Waals surface area contributed by atoms with E-state index in [1.807, 2.05) is 0 Å². The number of nitrogens with zero attached hydrogens (tertiary/aromatic N) is 2. The molecule has 1 fully saturated rings. The lowest BCUT2D eigenvalue weighted by Crippen LogP contribution is -2.38. The van der Waals surface area contributed by atoms with Crippen molar-refractivity contribution in [3.05, 3.63) is 70.1 Å². The quantitative estimate of drug-likeness (QED) is 0.854. The minimum Gasteiger partial charge on any atom is -0.350 e. The molecule has 5 heteroatoms. The lowest BCUT2D eigenvalue weighted by molar-refractivity contribution is -0.121. The smallest absolute Gasteiger partial charge is 0.250 e. The van der Waals surface area contributed by atoms with Gasteiger partial charge in [0, 0.05) is 38.4 Å². The summed E-state index contributed by atoms with van der Waals surface area (Å²) in [4.78, 5) is 26.2. The number of hydrogen-bond donors (Lipinski definition) is 1. The minimum atomic E-state index is -0.168. The normalized spacial score (nSPS) is 20.4. The van der Waals surface area contributed by atoms with Gasteiger partial charge in [0.25, 0.3) is 5.56 Å². The summed E-state index contributed by atoms with van der Waals surface area (Å²) in [5, 5.41) is 2.88. The molecule has 1 aliphatic rings. The minimum absolute atomic E-state index is 0.0447. The molecule has 1 aromatic heterocycles. The number of pyridine rings is 1. The van der Waals surface area contributed by atoms with Gasteiger partial charge < -0.3 is 9.88 Å². The van der Waals surface area contributed by atoms with Gasteiger partial charge in [-0.1, -0.05) is 44.2 Å². The molecule has 0 bridgehead atoms. The van der Waals surface area contributed by atoms with E-state index in [2.05, 4.69) is 48.3 Å². The van der Waals surface area contributed by atoms with Gasteiger partial charge in [0.05, 0.1) is 0 Å². The first kappa shape index (κ1) is 19.4. The highest BCUT2D eigenvalue weighted by molar-refractivity contribution is 5.75. The number of carbonyl (C=O) groups excluding carboxylic acids is 1. The van der Waals surface area contributed by atoms with Crippen molar-refractivity contribution in [1.82, 2.24) is 14.8 Å². The molecular formula is C22H29N3O2. The van der Waals surface area contributed by atoms with E-state index in [1.54, 1.807) is 18.3 Å². The van der Waals surface area contributed by atoms with Crippen LogP contribution in [0.4, 0.5) is 0 Å². The molecule has 27 heavy (non-hydrogen) atoms. The number of hydrogen-bond acceptors (Lipinski definition) is 3. The molecule has 3 rings (SSSR count). The summed E-state index contributed by atoms with van der Waals surface area (Å²) in [5.74, 6) is 1.37. The van der Waals surface area contributed by atoms with E-state index in [1.165, 1.54) is 35.7 Å². The topological polar surface area (TPSA) is 54.3 Å². The van der Waals surface area contributed by atoms with Gasteiger partial charge >= 0.3 is 0 Å². The van der Waals surface area contributed by atoms with Crippen molar-refractivity contribution in [1.29, 1.82) is 0 Å². The molecule has 0 radical (unpaired) electrons. The second-order valence-electron chi connectivity index (χ2n) is 7.90. The number of carbonyl (C=O) groups is 1. The number of benzene rings is 1. The average molecular weight is 367 g/mol. The van der Waals surface area contributed by atoms with Crippen molar-refractivity contribution >= 4 is 5.91 Å². The molecule has 0 spiro atoms. The Kier molecular flexibility index (Phi) is 6.45. The van der Waals surface area contributed by atoms with Crippen LogP contribution in [0.2, 0.25) is 0 Å². The zero-order chi connectivity index (χ0) is 19.2. The first-order valence-electron chi connectivity index (χ1n) is 9.72. The fourth-order valence-electron chi connectivity index (χ4n) is 3.94. The van der Waals surface area contributed by atoms with Crippen LogP contribution >= 0.6 is 0 Å². The third kappa shape index (κ3) is 5.79. The van der Waals surface area contributed by atoms with Crippen LogP contribution in [0.25, 0.3) is 0 Å². The van der Waals surface area contributed by atoms with Crippen molar-refractivity contribution in [3.8, 4) is 0 Å². The molecule has 1 aliphatic heterocycles. The van der Waals surface area contributed by atoms with E-state index < -0.39 is 0 Å². The van der Waals surface area contributed by atoms with Gasteiger partial charge in [0.15, 0.2) is 0 Å². The first-order chi connectivity index (χ1) is 13.0. The second kappa shape index (κ2) is 9.00. The van der Waals surface area contributed by atoms with Crippen molar-refractivity contribution < 1.29 is 4.79 Å². The largest absolute Gasteiger partial charge is 0.350 e. The summed E-state index contributed by atoms with van der Waals surface area (Å²) in [6.07, 6.45) is 2.95. The number of amides is 1. The molecule has 1 saturated heterocycles. The van der Waals surface area contributed by atoms with E-state index in [-0.39, 0.29) is 18.0 Å². The number of likely N-dealkylation sites (tertiary alicyclic amines) is 1. The molecule has 0 saturated carbocycles. The molecule has 1 N–H and O–H groups in total. The van der Waals surface area contributed by atoms with E-state index in [9.17, 15) is 9.59 Å². The van der Waals surface area contributed by atoms with Crippen LogP contribution in [0.3, 0.4) is 0 Å². The molecule has 2 atom stereocenters. The molecule has 2 aromatic rings. The third-order valence-corrected chi connectivity index (χ3v) is 5.08. The monoisotopic (exact) mass is 367 g/mol. The van der Waals surface area contributed by atoms with E-state index >= 15 is 0 Å². The highest BCUT2D eigenvalue weighted by Gasteiger charge is 2.21. The van der Waals surface area contributed by atoms with Gasteiger partial charge in [-0.3, -0.25) is 14.5 Å². The maximum atomic E-state index is 12.1. The van der Waals surface area contributed by atoms with Gasteiger partial charge in [0.2, 0.25) is 5.91 Å². The molecule has 144 valence electrons. The van der Waals surface area contributed by atoms with Gasteiger partial charge in [-0.05, 0) is 35.4 Å². The Morgan fingerprint density at radius 1 is 1.04 bits per heavy atom. The Labute approximate surface area is 161 Å². The molecule has 1 aromatic carbocycles. The van der Waals surface area contributed by atoms with Crippen LogP contribution in [0.5, 0.6) is 0 Å². The highest BCUT2D eigenvalue weighted by Crippen LogP contribution is 2.22. The van der Waals surface area contributed by atoms with Crippen LogP contribution < -0.4 is 10.9 Å². The summed E-state index contributed by atoms with van der Waals surface area (Å²) in [7, 11) is 0. The summed E-state index contributed by atoms with van der Waals surface area (Å²) >= 11 is 0. The van der Waals surface area contributed by atoms with Gasteiger partial charge in [0.1, 0.15) is 6.54 Å². The molecule has 1 amide bonds. The zero-order valence-electron chi connectivity index (χ0n) is 16.2. The lowest BCUT2D eigenvalue weighted by Gasteiger charge is -2.35. The predicted octanol–water partition coefficient (Wildman–Crippen LogP) is 2.64. The Bertz CT molecular complexity index is 803. The second-order valence-corrected chi connectivity index (χ2v) is 7.90. The standard InChI is InChI=1S/C22H29N3O2/c1-17-11-18(2)14-24(13-17)15-20-8-6-19(7-9-20)12-23-21(26)16-25-10-4-3-5-22(25)27/h3-10,17-18H,11-16H2,1-2H3,(H,23,26)/t17-,18-/m1/s1. The fraction of sp³-hybridized carbons (Fsp3) is 0.455. The Morgan fingerprint density at radius 3 is 2.37 bits per heavy atom. The molecule has 0 aliphatic carbocycles. The van der Waals surface area contributed by atoms with Crippen LogP contribution in [0.1, 0.15) is 31.4 Å². The van der Waals surface area contributed by atoms with Gasteiger partial charge in [-0.2, -0.15) is 0 Å². The average Bonchev–Trinajstić information content (AvgIpc) is 2.62. The Morgan fingerprint density at radius 2 is 1.70 bits per heavy atom. The number of nitrogens with one attached hydrogen (secondary N) is 1. The predicted molar refractivity (Wildman–Crippen MR) is 107 cm³/mol. The number of rotatable bonds is 6. The summed E-state index contributed by atoms with van der Waals surface area (Å²) < 4.78 is 1.40. The summed E-state index contributed by atoms with van der Waals surface area (Å²) in [6.45, 7) is 8.50. The maximum absolute atomic E-state index is 12.1. The van der Waals surface area contributed by atoms with Crippen LogP contribution in [-0.4, -0.2) is 28.5 Å². The van der Waals surface area contributed by atoms with Crippen LogP contribution in [-0.2, 0) is 24.4 Å². The van der Waals surface area contributed by atoms with Crippen molar-refractivity contribution in [2.45, 2.75) is 39.9 Å². The summed E-state index contributed by atoms with van der Waals surface area (Å²) in [6, 6.07) is 13.3. The number of aromatic nitrogens is 1. The Hall–Kier alpha value is -2.40. The van der Waals surface area contributed by atoms with Crippen molar-refractivity contribution in [3.63, 3.8) is 0 Å². The van der Waals surface area contributed by atoms with Crippen LogP contribution in [0, 0.1) is 11.8 Å².